The lowest BCUT2D eigenvalue weighted by Crippen LogP contribution is -2.51. The van der Waals surface area contributed by atoms with E-state index in [4.69, 9.17) is 11.6 Å². The van der Waals surface area contributed by atoms with E-state index in [1.165, 1.54) is 4.90 Å². The van der Waals surface area contributed by atoms with Crippen molar-refractivity contribution in [3.63, 3.8) is 0 Å². The molecular formula is C25H34ClN3O4S. The Labute approximate surface area is 208 Å². The number of likely N-dealkylation sites (N-methyl/N-ethyl adjacent to an activating group) is 1. The fourth-order valence-electron chi connectivity index (χ4n) is 3.48. The topological polar surface area (TPSA) is 86.8 Å². The van der Waals surface area contributed by atoms with Gasteiger partial charge in [0.25, 0.3) is 0 Å². The van der Waals surface area contributed by atoms with E-state index in [9.17, 15) is 18.0 Å². The first kappa shape index (κ1) is 27.7. The summed E-state index contributed by atoms with van der Waals surface area (Å²) in [6, 6.07) is 13.3. The third-order valence-corrected chi connectivity index (χ3v) is 6.84. The number of sulfonamides is 1. The normalized spacial score (nSPS) is 12.7. The van der Waals surface area contributed by atoms with Gasteiger partial charge in [-0.25, -0.2) is 8.42 Å². The van der Waals surface area contributed by atoms with Gasteiger partial charge in [-0.2, -0.15) is 0 Å². The van der Waals surface area contributed by atoms with E-state index in [-0.39, 0.29) is 17.9 Å². The zero-order valence-electron chi connectivity index (χ0n) is 20.6. The van der Waals surface area contributed by atoms with E-state index in [0.717, 1.165) is 21.7 Å². The fraction of sp³-hybridized carbons (Fsp3) is 0.440. The highest BCUT2D eigenvalue weighted by Gasteiger charge is 2.30. The minimum absolute atomic E-state index is 0.0971. The van der Waals surface area contributed by atoms with E-state index in [1.807, 2.05) is 12.1 Å². The van der Waals surface area contributed by atoms with Crippen LogP contribution in [0, 0.1) is 0 Å². The molecule has 2 rings (SSSR count). The number of carbonyl (C=O) groups is 2. The van der Waals surface area contributed by atoms with Gasteiger partial charge in [-0.1, -0.05) is 56.6 Å². The maximum Gasteiger partial charge on any atom is 0.244 e. The van der Waals surface area contributed by atoms with E-state index in [2.05, 4.69) is 26.1 Å². The summed E-state index contributed by atoms with van der Waals surface area (Å²) in [4.78, 5) is 27.4. The van der Waals surface area contributed by atoms with E-state index >= 15 is 0 Å². The Balaban J connectivity index is 2.39. The summed E-state index contributed by atoms with van der Waals surface area (Å²) in [5, 5.41) is 3.23. The van der Waals surface area contributed by atoms with Crippen molar-refractivity contribution in [2.45, 2.75) is 52.6 Å². The first-order valence-corrected chi connectivity index (χ1v) is 13.4. The number of carbonyl (C=O) groups excluding carboxylic acids is 2. The summed E-state index contributed by atoms with van der Waals surface area (Å²) in [5.74, 6) is -0.817. The minimum Gasteiger partial charge on any atom is -0.355 e. The Hall–Kier alpha value is -2.58. The van der Waals surface area contributed by atoms with Crippen molar-refractivity contribution in [2.24, 2.45) is 0 Å². The lowest BCUT2D eigenvalue weighted by Gasteiger charge is -2.31. The highest BCUT2D eigenvalue weighted by Crippen LogP contribution is 2.26. The Kier molecular flexibility index (Phi) is 9.14. The van der Waals surface area contributed by atoms with E-state index in [0.29, 0.717) is 17.3 Å². The van der Waals surface area contributed by atoms with Gasteiger partial charge in [0, 0.05) is 18.1 Å². The third-order valence-electron chi connectivity index (χ3n) is 5.46. The number of hydrogen-bond acceptors (Lipinski definition) is 4. The molecule has 0 unspecified atom stereocenters. The predicted octanol–water partition coefficient (Wildman–Crippen LogP) is 3.96. The number of halogens is 1. The van der Waals surface area contributed by atoms with Crippen molar-refractivity contribution >= 4 is 39.1 Å². The molecule has 2 aromatic carbocycles. The quantitative estimate of drug-likeness (QED) is 0.556. The van der Waals surface area contributed by atoms with Crippen molar-refractivity contribution in [1.29, 1.82) is 0 Å². The molecule has 0 bridgehead atoms. The molecule has 186 valence electrons. The first-order chi connectivity index (χ1) is 15.7. The number of anilines is 1. The Bertz CT molecular complexity index is 1110. The molecule has 0 aliphatic rings. The van der Waals surface area contributed by atoms with Crippen LogP contribution in [-0.2, 0) is 31.6 Å². The molecule has 0 aliphatic heterocycles. The zero-order chi connectivity index (χ0) is 25.7. The van der Waals surface area contributed by atoms with Gasteiger partial charge in [0.2, 0.25) is 21.8 Å². The van der Waals surface area contributed by atoms with Crippen LogP contribution in [0.4, 0.5) is 5.69 Å². The van der Waals surface area contributed by atoms with E-state index < -0.39 is 28.5 Å². The molecule has 1 N–H and O–H groups in total. The molecule has 0 heterocycles. The van der Waals surface area contributed by atoms with Crippen LogP contribution in [-0.4, -0.2) is 50.5 Å². The molecule has 2 amide bonds. The monoisotopic (exact) mass is 507 g/mol. The van der Waals surface area contributed by atoms with Gasteiger partial charge in [0.05, 0.1) is 11.9 Å². The predicted molar refractivity (Wildman–Crippen MR) is 137 cm³/mol. The third kappa shape index (κ3) is 7.46. The van der Waals surface area contributed by atoms with E-state index in [1.54, 1.807) is 50.2 Å². The maximum atomic E-state index is 13.4. The fourth-order valence-corrected chi connectivity index (χ4v) is 4.54. The molecule has 0 aromatic heterocycles. The molecule has 0 radical (unpaired) electrons. The zero-order valence-corrected chi connectivity index (χ0v) is 22.2. The summed E-state index contributed by atoms with van der Waals surface area (Å²) in [7, 11) is -3.77. The average Bonchev–Trinajstić information content (AvgIpc) is 2.74. The van der Waals surface area contributed by atoms with Gasteiger partial charge in [0.1, 0.15) is 12.6 Å². The van der Waals surface area contributed by atoms with Gasteiger partial charge in [-0.3, -0.25) is 13.9 Å². The molecule has 7 nitrogen and oxygen atoms in total. The molecule has 9 heteroatoms. The van der Waals surface area contributed by atoms with Crippen molar-refractivity contribution in [3.8, 4) is 0 Å². The summed E-state index contributed by atoms with van der Waals surface area (Å²) >= 11 is 6.10. The summed E-state index contributed by atoms with van der Waals surface area (Å²) in [6.07, 6.45) is 1.06. The SMILES string of the molecule is CCNC(=O)[C@@H](C)N(Cc1cccc(Cl)c1)C(=O)CN(c1ccc(C(C)(C)C)cc1)S(C)(=O)=O. The molecule has 34 heavy (non-hydrogen) atoms. The first-order valence-electron chi connectivity index (χ1n) is 11.1. The van der Waals surface area contributed by atoms with Crippen LogP contribution in [0.3, 0.4) is 0 Å². The van der Waals surface area contributed by atoms with Crippen LogP contribution in [0.1, 0.15) is 45.7 Å². The lowest BCUT2D eigenvalue weighted by molar-refractivity contribution is -0.139. The molecule has 0 saturated carbocycles. The van der Waals surface area contributed by atoms with Crippen LogP contribution in [0.15, 0.2) is 48.5 Å². The average molecular weight is 508 g/mol. The summed E-state index contributed by atoms with van der Waals surface area (Å²) in [5.41, 5.74) is 2.07. The van der Waals surface area contributed by atoms with Crippen LogP contribution < -0.4 is 9.62 Å². The van der Waals surface area contributed by atoms with Crippen molar-refractivity contribution in [3.05, 3.63) is 64.7 Å². The second-order valence-electron chi connectivity index (χ2n) is 9.29. The smallest absolute Gasteiger partial charge is 0.244 e. The largest absolute Gasteiger partial charge is 0.355 e. The second-order valence-corrected chi connectivity index (χ2v) is 11.6. The standard InChI is InChI=1S/C25H34ClN3O4S/c1-7-27-24(31)18(2)28(16-19-9-8-10-21(26)15-19)23(30)17-29(34(6,32)33)22-13-11-20(12-14-22)25(3,4)5/h8-15,18H,7,16-17H2,1-6H3,(H,27,31)/t18-/m1/s1. The van der Waals surface area contributed by atoms with Crippen LogP contribution in [0.5, 0.6) is 0 Å². The lowest BCUT2D eigenvalue weighted by atomic mass is 9.87. The molecule has 0 spiro atoms. The van der Waals surface area contributed by atoms with Crippen molar-refractivity contribution in [1.82, 2.24) is 10.2 Å². The van der Waals surface area contributed by atoms with Crippen molar-refractivity contribution < 1.29 is 18.0 Å². The van der Waals surface area contributed by atoms with Gasteiger partial charge in [-0.05, 0) is 54.7 Å². The van der Waals surface area contributed by atoms with Crippen LogP contribution in [0.25, 0.3) is 0 Å². The summed E-state index contributed by atoms with van der Waals surface area (Å²) < 4.78 is 26.3. The number of nitrogens with one attached hydrogen (secondary N) is 1. The van der Waals surface area contributed by atoms with Crippen molar-refractivity contribution in [2.75, 3.05) is 23.7 Å². The van der Waals surface area contributed by atoms with Gasteiger partial charge in [0.15, 0.2) is 0 Å². The number of nitrogens with zero attached hydrogens (tertiary/aromatic N) is 2. The molecule has 0 fully saturated rings. The Morgan fingerprint density at radius 1 is 1.09 bits per heavy atom. The molecule has 0 saturated heterocycles. The van der Waals surface area contributed by atoms with Gasteiger partial charge >= 0.3 is 0 Å². The van der Waals surface area contributed by atoms with Gasteiger partial charge in [-0.15, -0.1) is 0 Å². The number of amides is 2. The van der Waals surface area contributed by atoms with Gasteiger partial charge < -0.3 is 10.2 Å². The van der Waals surface area contributed by atoms with Crippen LogP contribution in [0.2, 0.25) is 5.02 Å². The highest BCUT2D eigenvalue weighted by molar-refractivity contribution is 7.92. The molecule has 1 atom stereocenters. The number of rotatable bonds is 9. The molecule has 2 aromatic rings. The summed E-state index contributed by atoms with van der Waals surface area (Å²) in [6.45, 7) is 9.70. The maximum absolute atomic E-state index is 13.4. The minimum atomic E-state index is -3.77. The second kappa shape index (κ2) is 11.2. The highest BCUT2D eigenvalue weighted by atomic mass is 35.5. The van der Waals surface area contributed by atoms with Crippen LogP contribution >= 0.6 is 11.6 Å². The number of hydrogen-bond donors (Lipinski definition) is 1. The molecular weight excluding hydrogens is 474 g/mol. The number of benzene rings is 2. The Morgan fingerprint density at radius 2 is 1.71 bits per heavy atom. The Morgan fingerprint density at radius 3 is 2.21 bits per heavy atom. The molecule has 0 aliphatic carbocycles.